The summed E-state index contributed by atoms with van der Waals surface area (Å²) in [6.07, 6.45) is 8.62. The van der Waals surface area contributed by atoms with Gasteiger partial charge < -0.3 is 5.32 Å². The van der Waals surface area contributed by atoms with Gasteiger partial charge in [0.05, 0.1) is 0 Å². The van der Waals surface area contributed by atoms with Gasteiger partial charge in [0.2, 0.25) is 11.0 Å². The van der Waals surface area contributed by atoms with Crippen molar-refractivity contribution in [2.24, 2.45) is 5.92 Å². The van der Waals surface area contributed by atoms with Crippen LogP contribution in [0, 0.1) is 5.92 Å². The number of pyridine rings is 1. The molecule has 2 aromatic rings. The molecule has 134 valence electrons. The second-order valence-electron chi connectivity index (χ2n) is 6.50. The maximum Gasteiger partial charge on any atom is 0.229 e. The molecule has 6 nitrogen and oxygen atoms in total. The van der Waals surface area contributed by atoms with Gasteiger partial charge in [0.1, 0.15) is 5.01 Å². The summed E-state index contributed by atoms with van der Waals surface area (Å²) in [7, 11) is 0. The number of likely N-dealkylation sites (tertiary alicyclic amines) is 1. The minimum Gasteiger partial charge on any atom is -0.300 e. The molecule has 0 spiro atoms. The Kier molecular flexibility index (Phi) is 6.47. The van der Waals surface area contributed by atoms with Crippen LogP contribution < -0.4 is 5.32 Å². The Labute approximate surface area is 152 Å². The van der Waals surface area contributed by atoms with Crippen LogP contribution in [-0.4, -0.2) is 39.1 Å². The van der Waals surface area contributed by atoms with Gasteiger partial charge in [-0.15, -0.1) is 10.2 Å². The molecule has 3 rings (SSSR count). The summed E-state index contributed by atoms with van der Waals surface area (Å²) in [5.74, 6) is 0.151. The molecule has 0 aromatic carbocycles. The van der Waals surface area contributed by atoms with Crippen molar-refractivity contribution in [3.05, 3.63) is 35.1 Å². The fourth-order valence-corrected chi connectivity index (χ4v) is 3.82. The first-order valence-electron chi connectivity index (χ1n) is 8.99. The monoisotopic (exact) mass is 359 g/mol. The summed E-state index contributed by atoms with van der Waals surface area (Å²) in [5.41, 5.74) is 1.27. The molecule has 1 aliphatic heterocycles. The van der Waals surface area contributed by atoms with Crippen LogP contribution in [0.1, 0.15) is 43.2 Å². The van der Waals surface area contributed by atoms with Crippen molar-refractivity contribution in [3.8, 4) is 0 Å². The highest BCUT2D eigenvalue weighted by Gasteiger charge is 2.25. The van der Waals surface area contributed by atoms with Gasteiger partial charge in [-0.1, -0.05) is 24.7 Å². The Morgan fingerprint density at radius 2 is 2.04 bits per heavy atom. The van der Waals surface area contributed by atoms with E-state index in [0.29, 0.717) is 5.13 Å². The number of hydrogen-bond acceptors (Lipinski definition) is 6. The van der Waals surface area contributed by atoms with E-state index in [4.69, 9.17) is 0 Å². The van der Waals surface area contributed by atoms with Gasteiger partial charge in [-0.25, -0.2) is 0 Å². The predicted octanol–water partition coefficient (Wildman–Crippen LogP) is 3.13. The molecule has 0 unspecified atom stereocenters. The van der Waals surface area contributed by atoms with E-state index in [9.17, 15) is 4.79 Å². The van der Waals surface area contributed by atoms with Crippen LogP contribution >= 0.6 is 11.3 Å². The largest absolute Gasteiger partial charge is 0.300 e. The standard InChI is InChI=1S/C18H25N5OS/c1-2-3-4-16-21-22-18(25-16)20-17(24)15-7-11-23(12-8-15)13-14-5-9-19-10-6-14/h5-6,9-10,15H,2-4,7-8,11-13H2,1H3,(H,20,22,24). The zero-order chi connectivity index (χ0) is 17.5. The van der Waals surface area contributed by atoms with Gasteiger partial charge in [-0.05, 0) is 50.0 Å². The number of anilines is 1. The topological polar surface area (TPSA) is 71.0 Å². The Hall–Kier alpha value is -1.86. The molecule has 0 aliphatic carbocycles. The number of amides is 1. The van der Waals surface area contributed by atoms with Crippen LogP contribution in [0.25, 0.3) is 0 Å². The van der Waals surface area contributed by atoms with E-state index in [1.807, 2.05) is 24.5 Å². The molecule has 1 saturated heterocycles. The quantitative estimate of drug-likeness (QED) is 0.822. The van der Waals surface area contributed by atoms with E-state index in [2.05, 4.69) is 32.3 Å². The van der Waals surface area contributed by atoms with E-state index in [1.54, 1.807) is 0 Å². The van der Waals surface area contributed by atoms with E-state index >= 15 is 0 Å². The molecule has 25 heavy (non-hydrogen) atoms. The third-order valence-corrected chi connectivity index (χ3v) is 5.45. The molecular weight excluding hydrogens is 334 g/mol. The van der Waals surface area contributed by atoms with Crippen LogP contribution in [0.2, 0.25) is 0 Å². The molecule has 0 atom stereocenters. The van der Waals surface area contributed by atoms with Crippen molar-refractivity contribution < 1.29 is 4.79 Å². The number of nitrogens with zero attached hydrogens (tertiary/aromatic N) is 4. The highest BCUT2D eigenvalue weighted by atomic mass is 32.1. The van der Waals surface area contributed by atoms with E-state index < -0.39 is 0 Å². The first-order chi connectivity index (χ1) is 12.2. The van der Waals surface area contributed by atoms with E-state index in [0.717, 1.165) is 56.7 Å². The third kappa shape index (κ3) is 5.31. The minimum absolute atomic E-state index is 0.0664. The molecule has 1 amide bonds. The second kappa shape index (κ2) is 9.01. The van der Waals surface area contributed by atoms with Gasteiger partial charge in [-0.2, -0.15) is 0 Å². The van der Waals surface area contributed by atoms with Crippen LogP contribution in [0.5, 0.6) is 0 Å². The number of hydrogen-bond donors (Lipinski definition) is 1. The Morgan fingerprint density at radius 1 is 1.28 bits per heavy atom. The molecule has 1 fully saturated rings. The lowest BCUT2D eigenvalue weighted by molar-refractivity contribution is -0.121. The molecule has 0 radical (unpaired) electrons. The Bertz CT molecular complexity index is 667. The zero-order valence-electron chi connectivity index (χ0n) is 14.6. The molecule has 7 heteroatoms. The minimum atomic E-state index is 0.0664. The highest BCUT2D eigenvalue weighted by Crippen LogP contribution is 2.22. The zero-order valence-corrected chi connectivity index (χ0v) is 15.5. The number of nitrogens with one attached hydrogen (secondary N) is 1. The summed E-state index contributed by atoms with van der Waals surface area (Å²) in [5, 5.41) is 12.8. The number of aryl methyl sites for hydroxylation is 1. The number of aromatic nitrogens is 3. The molecule has 3 heterocycles. The summed E-state index contributed by atoms with van der Waals surface area (Å²) < 4.78 is 0. The smallest absolute Gasteiger partial charge is 0.229 e. The average molecular weight is 359 g/mol. The van der Waals surface area contributed by atoms with Crippen molar-refractivity contribution >= 4 is 22.4 Å². The van der Waals surface area contributed by atoms with E-state index in [-0.39, 0.29) is 11.8 Å². The summed E-state index contributed by atoms with van der Waals surface area (Å²) in [6.45, 7) is 4.97. The van der Waals surface area contributed by atoms with Gasteiger partial charge in [0.25, 0.3) is 0 Å². The molecule has 2 aromatic heterocycles. The lowest BCUT2D eigenvalue weighted by Crippen LogP contribution is -2.37. The number of unbranched alkanes of at least 4 members (excludes halogenated alkanes) is 1. The summed E-state index contributed by atoms with van der Waals surface area (Å²) in [6, 6.07) is 4.09. The fraction of sp³-hybridized carbons (Fsp3) is 0.556. The predicted molar refractivity (Wildman–Crippen MR) is 99.4 cm³/mol. The second-order valence-corrected chi connectivity index (χ2v) is 7.56. The third-order valence-electron chi connectivity index (χ3n) is 4.56. The van der Waals surface area contributed by atoms with Crippen molar-refractivity contribution in [3.63, 3.8) is 0 Å². The van der Waals surface area contributed by atoms with Gasteiger partial charge >= 0.3 is 0 Å². The summed E-state index contributed by atoms with van der Waals surface area (Å²) >= 11 is 1.50. The first kappa shape index (κ1) is 17.9. The van der Waals surface area contributed by atoms with Crippen molar-refractivity contribution in [2.75, 3.05) is 18.4 Å². The SMILES string of the molecule is CCCCc1nnc(NC(=O)C2CCN(Cc3ccncc3)CC2)s1. The Balaban J connectivity index is 1.44. The molecule has 0 bridgehead atoms. The lowest BCUT2D eigenvalue weighted by atomic mass is 9.95. The van der Waals surface area contributed by atoms with Crippen LogP contribution in [-0.2, 0) is 17.8 Å². The number of rotatable bonds is 7. The summed E-state index contributed by atoms with van der Waals surface area (Å²) in [4.78, 5) is 18.9. The lowest BCUT2D eigenvalue weighted by Gasteiger charge is -2.31. The maximum absolute atomic E-state index is 12.5. The molecule has 0 saturated carbocycles. The van der Waals surface area contributed by atoms with Crippen molar-refractivity contribution in [2.45, 2.75) is 45.6 Å². The van der Waals surface area contributed by atoms with Crippen LogP contribution in [0.4, 0.5) is 5.13 Å². The van der Waals surface area contributed by atoms with Crippen LogP contribution in [0.3, 0.4) is 0 Å². The number of carbonyl (C=O) groups is 1. The normalized spacial score (nSPS) is 16.0. The molecule has 1 aliphatic rings. The fourth-order valence-electron chi connectivity index (χ4n) is 3.04. The highest BCUT2D eigenvalue weighted by molar-refractivity contribution is 7.15. The number of piperidine rings is 1. The maximum atomic E-state index is 12.5. The average Bonchev–Trinajstić information content (AvgIpc) is 3.08. The van der Waals surface area contributed by atoms with Crippen LogP contribution in [0.15, 0.2) is 24.5 Å². The van der Waals surface area contributed by atoms with E-state index in [1.165, 1.54) is 16.9 Å². The van der Waals surface area contributed by atoms with Gasteiger partial charge in [0, 0.05) is 31.3 Å². The molecular formula is C18H25N5OS. The van der Waals surface area contributed by atoms with Crippen molar-refractivity contribution in [1.29, 1.82) is 0 Å². The number of carbonyl (C=O) groups excluding carboxylic acids is 1. The van der Waals surface area contributed by atoms with Gasteiger partial charge in [0.15, 0.2) is 0 Å². The molecule has 1 N–H and O–H groups in total. The van der Waals surface area contributed by atoms with Gasteiger partial charge in [-0.3, -0.25) is 14.7 Å². The van der Waals surface area contributed by atoms with Crippen molar-refractivity contribution in [1.82, 2.24) is 20.1 Å². The first-order valence-corrected chi connectivity index (χ1v) is 9.80. The Morgan fingerprint density at radius 3 is 2.76 bits per heavy atom.